The molecule has 20 heavy (non-hydrogen) atoms. The Hall–Kier alpha value is -2.33. The number of hydrogen-bond donors (Lipinski definition) is 1. The van der Waals surface area contributed by atoms with Gasteiger partial charge in [0.05, 0.1) is 11.3 Å². The molecule has 100 valence electrons. The molecule has 0 fully saturated rings. The van der Waals surface area contributed by atoms with Crippen LogP contribution < -0.4 is 5.43 Å². The third kappa shape index (κ3) is 2.38. The zero-order valence-corrected chi connectivity index (χ0v) is 11.4. The number of benzene rings is 1. The number of hydrazone groups is 1. The Balaban J connectivity index is 1.93. The van der Waals surface area contributed by atoms with E-state index < -0.39 is 0 Å². The van der Waals surface area contributed by atoms with Crippen LogP contribution in [0.15, 0.2) is 51.5 Å². The Morgan fingerprint density at radius 1 is 1.30 bits per heavy atom. The number of halogens is 1. The number of amides is 1. The maximum absolute atomic E-state index is 11.6. The fourth-order valence-electron chi connectivity index (χ4n) is 1.96. The molecule has 1 amide bonds. The first-order valence-electron chi connectivity index (χ1n) is 6.06. The van der Waals surface area contributed by atoms with E-state index in [4.69, 9.17) is 16.0 Å². The van der Waals surface area contributed by atoms with Gasteiger partial charge in [0.15, 0.2) is 0 Å². The predicted octanol–water partition coefficient (Wildman–Crippen LogP) is 3.49. The summed E-state index contributed by atoms with van der Waals surface area (Å²) in [6, 6.07) is 11.1. The molecule has 1 N–H and O–H groups in total. The second-order valence-corrected chi connectivity index (χ2v) is 4.84. The van der Waals surface area contributed by atoms with Gasteiger partial charge >= 0.3 is 0 Å². The van der Waals surface area contributed by atoms with Gasteiger partial charge in [0.1, 0.15) is 11.5 Å². The van der Waals surface area contributed by atoms with E-state index >= 15 is 0 Å². The molecule has 3 rings (SSSR count). The van der Waals surface area contributed by atoms with Gasteiger partial charge in [-0.1, -0.05) is 23.7 Å². The van der Waals surface area contributed by atoms with Crippen LogP contribution in [0.4, 0.5) is 0 Å². The number of rotatable bonds is 2. The smallest absolute Gasteiger partial charge is 0.273 e. The van der Waals surface area contributed by atoms with Crippen LogP contribution in [0.25, 0.3) is 17.4 Å². The Labute approximate surface area is 120 Å². The first kappa shape index (κ1) is 12.7. The van der Waals surface area contributed by atoms with E-state index in [1.54, 1.807) is 19.1 Å². The summed E-state index contributed by atoms with van der Waals surface area (Å²) in [5.41, 5.74) is 4.46. The Morgan fingerprint density at radius 2 is 2.15 bits per heavy atom. The third-order valence-corrected chi connectivity index (χ3v) is 3.22. The average Bonchev–Trinajstić information content (AvgIpc) is 3.01. The van der Waals surface area contributed by atoms with Gasteiger partial charge in [-0.3, -0.25) is 4.79 Å². The monoisotopic (exact) mass is 286 g/mol. The summed E-state index contributed by atoms with van der Waals surface area (Å²) in [5, 5.41) is 4.51. The van der Waals surface area contributed by atoms with Crippen LogP contribution >= 0.6 is 11.6 Å². The lowest BCUT2D eigenvalue weighted by atomic mass is 10.1. The lowest BCUT2D eigenvalue weighted by Crippen LogP contribution is -2.12. The zero-order valence-electron chi connectivity index (χ0n) is 10.7. The Bertz CT molecular complexity index is 744. The van der Waals surface area contributed by atoms with Gasteiger partial charge < -0.3 is 4.42 Å². The standard InChI is InChI=1S/C15H11ClN2O2/c1-9-13(15(19)18-17-9)8-12-5-6-14(20-12)10-3-2-4-11(16)7-10/h2-8H,1H3,(H,18,19)/b13-8-. The molecule has 0 atom stereocenters. The highest BCUT2D eigenvalue weighted by Gasteiger charge is 2.19. The molecule has 0 unspecified atom stereocenters. The van der Waals surface area contributed by atoms with Crippen molar-refractivity contribution in [1.82, 2.24) is 5.43 Å². The normalized spacial score (nSPS) is 16.4. The van der Waals surface area contributed by atoms with Crippen molar-refractivity contribution in [3.8, 4) is 11.3 Å². The average molecular weight is 287 g/mol. The molecule has 1 aromatic heterocycles. The van der Waals surface area contributed by atoms with Gasteiger partial charge in [0, 0.05) is 10.6 Å². The van der Waals surface area contributed by atoms with E-state index in [0.29, 0.717) is 27.8 Å². The molecule has 2 aromatic rings. The van der Waals surface area contributed by atoms with Crippen LogP contribution in [0.5, 0.6) is 0 Å². The Morgan fingerprint density at radius 3 is 2.85 bits per heavy atom. The Kier molecular flexibility index (Phi) is 3.16. The minimum atomic E-state index is -0.219. The van der Waals surface area contributed by atoms with Gasteiger partial charge in [0.25, 0.3) is 5.91 Å². The minimum absolute atomic E-state index is 0.219. The molecule has 2 heterocycles. The molecule has 0 saturated heterocycles. The summed E-state index contributed by atoms with van der Waals surface area (Å²) in [4.78, 5) is 11.6. The molecule has 0 bridgehead atoms. The van der Waals surface area contributed by atoms with Crippen LogP contribution in [0, 0.1) is 0 Å². The molecule has 4 nitrogen and oxygen atoms in total. The van der Waals surface area contributed by atoms with Gasteiger partial charge in [0.2, 0.25) is 0 Å². The van der Waals surface area contributed by atoms with Crippen molar-refractivity contribution in [3.63, 3.8) is 0 Å². The molecule has 1 aliphatic rings. The number of furan rings is 1. The fraction of sp³-hybridized carbons (Fsp3) is 0.0667. The topological polar surface area (TPSA) is 54.6 Å². The molecule has 0 aliphatic carbocycles. The van der Waals surface area contributed by atoms with E-state index in [2.05, 4.69) is 10.5 Å². The maximum atomic E-state index is 11.6. The molecule has 0 saturated carbocycles. The van der Waals surface area contributed by atoms with Crippen LogP contribution in [-0.2, 0) is 4.79 Å². The van der Waals surface area contributed by atoms with Gasteiger partial charge in [-0.25, -0.2) is 5.43 Å². The minimum Gasteiger partial charge on any atom is -0.457 e. The van der Waals surface area contributed by atoms with E-state index in [0.717, 1.165) is 5.56 Å². The van der Waals surface area contributed by atoms with Crippen LogP contribution in [0.2, 0.25) is 5.02 Å². The van der Waals surface area contributed by atoms with Crippen molar-refractivity contribution < 1.29 is 9.21 Å². The molecule has 1 aliphatic heterocycles. The molecular weight excluding hydrogens is 276 g/mol. The van der Waals surface area contributed by atoms with Crippen LogP contribution in [-0.4, -0.2) is 11.6 Å². The van der Waals surface area contributed by atoms with Gasteiger partial charge in [-0.2, -0.15) is 5.10 Å². The van der Waals surface area contributed by atoms with Gasteiger partial charge in [-0.05, 0) is 37.3 Å². The molecule has 0 radical (unpaired) electrons. The van der Waals surface area contributed by atoms with Gasteiger partial charge in [-0.15, -0.1) is 0 Å². The molecule has 0 spiro atoms. The van der Waals surface area contributed by atoms with Crippen LogP contribution in [0.3, 0.4) is 0 Å². The van der Waals surface area contributed by atoms with Crippen LogP contribution in [0.1, 0.15) is 12.7 Å². The first-order valence-corrected chi connectivity index (χ1v) is 6.44. The number of nitrogens with zero attached hydrogens (tertiary/aromatic N) is 1. The summed E-state index contributed by atoms with van der Waals surface area (Å²) in [6.07, 6.45) is 1.68. The summed E-state index contributed by atoms with van der Waals surface area (Å²) < 4.78 is 5.71. The SMILES string of the molecule is CC1=NNC(=O)/C1=C\c1ccc(-c2cccc(Cl)c2)o1. The maximum Gasteiger partial charge on any atom is 0.273 e. The van der Waals surface area contributed by atoms with Crippen molar-refractivity contribution in [2.24, 2.45) is 5.10 Å². The lowest BCUT2D eigenvalue weighted by Gasteiger charge is -1.97. The summed E-state index contributed by atoms with van der Waals surface area (Å²) in [6.45, 7) is 1.77. The summed E-state index contributed by atoms with van der Waals surface area (Å²) in [7, 11) is 0. The third-order valence-electron chi connectivity index (χ3n) is 2.98. The number of carbonyl (C=O) groups excluding carboxylic acids is 1. The van der Waals surface area contributed by atoms with E-state index in [9.17, 15) is 4.79 Å². The second-order valence-electron chi connectivity index (χ2n) is 4.41. The van der Waals surface area contributed by atoms with E-state index in [-0.39, 0.29) is 5.91 Å². The zero-order chi connectivity index (χ0) is 14.1. The summed E-state index contributed by atoms with van der Waals surface area (Å²) >= 11 is 5.96. The van der Waals surface area contributed by atoms with E-state index in [1.165, 1.54) is 0 Å². The first-order chi connectivity index (χ1) is 9.63. The van der Waals surface area contributed by atoms with Crippen molar-refractivity contribution in [2.75, 3.05) is 0 Å². The largest absolute Gasteiger partial charge is 0.457 e. The van der Waals surface area contributed by atoms with Crippen molar-refractivity contribution in [1.29, 1.82) is 0 Å². The lowest BCUT2D eigenvalue weighted by molar-refractivity contribution is -0.116. The fourth-order valence-corrected chi connectivity index (χ4v) is 2.15. The quantitative estimate of drug-likeness (QED) is 0.859. The summed E-state index contributed by atoms with van der Waals surface area (Å²) in [5.74, 6) is 1.08. The highest BCUT2D eigenvalue weighted by Crippen LogP contribution is 2.26. The van der Waals surface area contributed by atoms with Crippen molar-refractivity contribution in [2.45, 2.75) is 6.92 Å². The highest BCUT2D eigenvalue weighted by atomic mass is 35.5. The second kappa shape index (κ2) is 4.98. The predicted molar refractivity (Wildman–Crippen MR) is 78.4 cm³/mol. The highest BCUT2D eigenvalue weighted by molar-refractivity contribution is 6.30. The number of nitrogens with one attached hydrogen (secondary N) is 1. The van der Waals surface area contributed by atoms with E-state index in [1.807, 2.05) is 30.3 Å². The van der Waals surface area contributed by atoms with Crippen molar-refractivity contribution in [3.05, 3.63) is 52.8 Å². The number of carbonyl (C=O) groups is 1. The molecular formula is C15H11ClN2O2. The molecule has 1 aromatic carbocycles. The number of hydrogen-bond acceptors (Lipinski definition) is 3. The van der Waals surface area contributed by atoms with Crippen molar-refractivity contribution >= 4 is 29.3 Å². The molecule has 5 heteroatoms.